The van der Waals surface area contributed by atoms with Crippen molar-refractivity contribution in [2.24, 2.45) is 0 Å². The number of oxazole rings is 1. The molecule has 2 aromatic heterocycles. The Hall–Kier alpha value is -6.91. The van der Waals surface area contributed by atoms with Gasteiger partial charge in [0.2, 0.25) is 5.89 Å². The van der Waals surface area contributed by atoms with Gasteiger partial charge in [-0.05, 0) is 71.6 Å². The number of fused-ring (bicyclic) bond motifs is 6. The van der Waals surface area contributed by atoms with E-state index in [4.69, 9.17) is 9.40 Å². The molecule has 2 heterocycles. The van der Waals surface area contributed by atoms with Crippen molar-refractivity contribution in [3.63, 3.8) is 0 Å². The molecule has 0 spiro atoms. The summed E-state index contributed by atoms with van der Waals surface area (Å²) >= 11 is 0. The number of rotatable bonds is 6. The lowest BCUT2D eigenvalue weighted by Crippen LogP contribution is -2.12. The summed E-state index contributed by atoms with van der Waals surface area (Å²) in [5.41, 5.74) is 11.3. The van der Waals surface area contributed by atoms with Crippen LogP contribution < -0.4 is 4.90 Å². The van der Waals surface area contributed by atoms with Gasteiger partial charge in [0.1, 0.15) is 5.52 Å². The Labute approximate surface area is 295 Å². The maximum atomic E-state index is 6.68. The SMILES string of the molecule is c1ccc(-c2nc3c(N(c4ccc5c(c4)c4ccccc4n5-c4ccccc4)c4ccccc4-c4ccccc4)cc4ccccc4c3o2)cc1. The molecule has 0 saturated heterocycles. The third-order valence-corrected chi connectivity index (χ3v) is 9.79. The second kappa shape index (κ2) is 11.9. The monoisotopic (exact) mass is 653 g/mol. The number of benzene rings is 8. The number of anilines is 3. The summed E-state index contributed by atoms with van der Waals surface area (Å²) in [6.45, 7) is 0. The fraction of sp³-hybridized carbons (Fsp3) is 0. The van der Waals surface area contributed by atoms with Crippen LogP contribution in [0.25, 0.3) is 71.9 Å². The molecule has 0 fully saturated rings. The minimum absolute atomic E-state index is 0.598. The van der Waals surface area contributed by atoms with Gasteiger partial charge in [0.05, 0.1) is 22.4 Å². The summed E-state index contributed by atoms with van der Waals surface area (Å²) in [5.74, 6) is 0.598. The molecule has 10 aromatic rings. The molecule has 51 heavy (non-hydrogen) atoms. The highest BCUT2D eigenvalue weighted by Crippen LogP contribution is 2.47. The predicted molar refractivity (Wildman–Crippen MR) is 211 cm³/mol. The van der Waals surface area contributed by atoms with Crippen LogP contribution in [0.1, 0.15) is 0 Å². The van der Waals surface area contributed by atoms with E-state index < -0.39 is 0 Å². The molecule has 0 atom stereocenters. The third kappa shape index (κ3) is 4.80. The first-order chi connectivity index (χ1) is 25.3. The van der Waals surface area contributed by atoms with E-state index in [1.807, 2.05) is 30.3 Å². The second-order valence-corrected chi connectivity index (χ2v) is 12.8. The molecule has 0 bridgehead atoms. The number of nitrogens with zero attached hydrogens (tertiary/aromatic N) is 3. The lowest BCUT2D eigenvalue weighted by molar-refractivity contribution is 0.623. The van der Waals surface area contributed by atoms with Gasteiger partial charge >= 0.3 is 0 Å². The fourth-order valence-electron chi connectivity index (χ4n) is 7.49. The first-order valence-corrected chi connectivity index (χ1v) is 17.2. The summed E-state index contributed by atoms with van der Waals surface area (Å²) in [6, 6.07) is 66.2. The zero-order valence-corrected chi connectivity index (χ0v) is 27.6. The smallest absolute Gasteiger partial charge is 0.227 e. The summed E-state index contributed by atoms with van der Waals surface area (Å²) in [7, 11) is 0. The summed E-state index contributed by atoms with van der Waals surface area (Å²) in [6.07, 6.45) is 0. The molecule has 0 amide bonds. The van der Waals surface area contributed by atoms with Crippen LogP contribution in [0.15, 0.2) is 192 Å². The number of hydrogen-bond acceptors (Lipinski definition) is 3. The van der Waals surface area contributed by atoms with E-state index in [1.165, 1.54) is 16.3 Å². The van der Waals surface area contributed by atoms with Crippen molar-refractivity contribution in [1.82, 2.24) is 9.55 Å². The van der Waals surface area contributed by atoms with Gasteiger partial charge < -0.3 is 13.9 Å². The maximum absolute atomic E-state index is 6.68. The van der Waals surface area contributed by atoms with Crippen LogP contribution >= 0.6 is 0 Å². The number of hydrogen-bond donors (Lipinski definition) is 0. The van der Waals surface area contributed by atoms with E-state index in [0.717, 1.165) is 66.8 Å². The first-order valence-electron chi connectivity index (χ1n) is 17.2. The molecule has 240 valence electrons. The van der Waals surface area contributed by atoms with Crippen molar-refractivity contribution in [2.75, 3.05) is 4.90 Å². The zero-order chi connectivity index (χ0) is 33.7. The largest absolute Gasteiger partial charge is 0.435 e. The van der Waals surface area contributed by atoms with E-state index in [9.17, 15) is 0 Å². The molecule has 0 radical (unpaired) electrons. The topological polar surface area (TPSA) is 34.2 Å². The lowest BCUT2D eigenvalue weighted by Gasteiger charge is -2.28. The second-order valence-electron chi connectivity index (χ2n) is 12.8. The van der Waals surface area contributed by atoms with Gasteiger partial charge in [0.25, 0.3) is 0 Å². The Balaban J connectivity index is 1.30. The third-order valence-electron chi connectivity index (χ3n) is 9.79. The van der Waals surface area contributed by atoms with Crippen LogP contribution in [0.2, 0.25) is 0 Å². The molecule has 0 aliphatic heterocycles. The van der Waals surface area contributed by atoms with E-state index in [1.54, 1.807) is 0 Å². The average Bonchev–Trinajstić information content (AvgIpc) is 3.80. The van der Waals surface area contributed by atoms with E-state index in [-0.39, 0.29) is 0 Å². The maximum Gasteiger partial charge on any atom is 0.227 e. The molecular weight excluding hydrogens is 623 g/mol. The van der Waals surface area contributed by atoms with Gasteiger partial charge in [0.15, 0.2) is 5.58 Å². The summed E-state index contributed by atoms with van der Waals surface area (Å²) < 4.78 is 9.04. The Bertz CT molecular complexity index is 2850. The summed E-state index contributed by atoms with van der Waals surface area (Å²) in [5, 5.41) is 4.49. The number of para-hydroxylation sites is 3. The lowest BCUT2D eigenvalue weighted by atomic mass is 10.0. The van der Waals surface area contributed by atoms with Gasteiger partial charge in [-0.3, -0.25) is 0 Å². The van der Waals surface area contributed by atoms with Crippen LogP contribution in [-0.4, -0.2) is 9.55 Å². The molecule has 4 heteroatoms. The van der Waals surface area contributed by atoms with E-state index in [2.05, 4.69) is 167 Å². The highest BCUT2D eigenvalue weighted by Gasteiger charge is 2.25. The molecule has 0 N–H and O–H groups in total. The quantitative estimate of drug-likeness (QED) is 0.179. The van der Waals surface area contributed by atoms with Crippen molar-refractivity contribution in [3.05, 3.63) is 188 Å². The van der Waals surface area contributed by atoms with Crippen molar-refractivity contribution in [1.29, 1.82) is 0 Å². The van der Waals surface area contributed by atoms with Crippen LogP contribution in [0, 0.1) is 0 Å². The first kappa shape index (κ1) is 29.0. The van der Waals surface area contributed by atoms with Crippen molar-refractivity contribution in [2.45, 2.75) is 0 Å². The van der Waals surface area contributed by atoms with Crippen molar-refractivity contribution in [3.8, 4) is 28.3 Å². The normalized spacial score (nSPS) is 11.5. The van der Waals surface area contributed by atoms with E-state index >= 15 is 0 Å². The van der Waals surface area contributed by atoms with Gasteiger partial charge in [0, 0.05) is 38.7 Å². The predicted octanol–water partition coefficient (Wildman–Crippen LogP) is 12.9. The molecule has 8 aromatic carbocycles. The highest BCUT2D eigenvalue weighted by atomic mass is 16.3. The molecular formula is C47H31N3O. The molecule has 4 nitrogen and oxygen atoms in total. The molecule has 0 saturated carbocycles. The molecule has 0 aliphatic rings. The average molecular weight is 654 g/mol. The molecule has 10 rings (SSSR count). The minimum Gasteiger partial charge on any atom is -0.435 e. The van der Waals surface area contributed by atoms with Gasteiger partial charge in [-0.2, -0.15) is 0 Å². The Morgan fingerprint density at radius 2 is 1.10 bits per heavy atom. The fourth-order valence-corrected chi connectivity index (χ4v) is 7.49. The Morgan fingerprint density at radius 1 is 0.471 bits per heavy atom. The van der Waals surface area contributed by atoms with Crippen LogP contribution in [0.5, 0.6) is 0 Å². The molecule has 0 unspecified atom stereocenters. The highest BCUT2D eigenvalue weighted by molar-refractivity contribution is 6.14. The standard InChI is InChI=1S/C47H31N3O/c1-4-16-32(17-5-1)37-23-12-14-26-41(37)50(36-28-29-43-40(31-36)39-25-13-15-27-42(39)49(43)35-21-8-3-9-22-35)44-30-34-20-10-11-24-38(34)46-45(44)48-47(51-46)33-18-6-2-7-19-33/h1-31H. The van der Waals surface area contributed by atoms with Crippen LogP contribution in [0.4, 0.5) is 17.1 Å². The molecule has 0 aliphatic carbocycles. The van der Waals surface area contributed by atoms with Crippen molar-refractivity contribution >= 4 is 60.7 Å². The summed E-state index contributed by atoms with van der Waals surface area (Å²) in [4.78, 5) is 7.61. The van der Waals surface area contributed by atoms with Gasteiger partial charge in [-0.25, -0.2) is 4.98 Å². The Morgan fingerprint density at radius 3 is 1.90 bits per heavy atom. The van der Waals surface area contributed by atoms with Gasteiger partial charge in [-0.1, -0.05) is 127 Å². The van der Waals surface area contributed by atoms with Crippen LogP contribution in [0.3, 0.4) is 0 Å². The zero-order valence-electron chi connectivity index (χ0n) is 27.6. The number of aromatic nitrogens is 2. The van der Waals surface area contributed by atoms with Crippen molar-refractivity contribution < 1.29 is 4.42 Å². The minimum atomic E-state index is 0.598. The van der Waals surface area contributed by atoms with Crippen LogP contribution in [-0.2, 0) is 0 Å². The van der Waals surface area contributed by atoms with E-state index in [0.29, 0.717) is 5.89 Å². The van der Waals surface area contributed by atoms with Gasteiger partial charge in [-0.15, -0.1) is 0 Å². The Kier molecular flexibility index (Phi) is 6.78.